The van der Waals surface area contributed by atoms with E-state index in [1.807, 2.05) is 0 Å². The summed E-state index contributed by atoms with van der Waals surface area (Å²) in [5, 5.41) is 3.26. The fraction of sp³-hybridized carbons (Fsp3) is 0.235. The minimum atomic E-state index is -3.50. The van der Waals surface area contributed by atoms with Gasteiger partial charge in [-0.15, -0.1) is 0 Å². The molecule has 2 rings (SSSR count). The van der Waals surface area contributed by atoms with Gasteiger partial charge in [-0.1, -0.05) is 35.9 Å². The molecule has 0 aromatic heterocycles. The third-order valence-electron chi connectivity index (χ3n) is 3.40. The van der Waals surface area contributed by atoms with Crippen LogP contribution in [0.5, 0.6) is 5.75 Å². The van der Waals surface area contributed by atoms with Gasteiger partial charge in [-0.3, -0.25) is 4.79 Å². The van der Waals surface area contributed by atoms with Crippen LogP contribution in [0.4, 0.5) is 5.69 Å². The monoisotopic (exact) mass is 382 g/mol. The molecule has 6 nitrogen and oxygen atoms in total. The van der Waals surface area contributed by atoms with Gasteiger partial charge in [-0.2, -0.15) is 0 Å². The molecule has 25 heavy (non-hydrogen) atoms. The van der Waals surface area contributed by atoms with Crippen LogP contribution in [0.25, 0.3) is 0 Å². The van der Waals surface area contributed by atoms with Crippen LogP contribution in [0.1, 0.15) is 18.0 Å². The first-order valence-electron chi connectivity index (χ1n) is 7.44. The van der Waals surface area contributed by atoms with Crippen LogP contribution < -0.4 is 14.8 Å². The van der Waals surface area contributed by atoms with Crippen LogP contribution in [-0.2, 0) is 14.8 Å². The number of carbonyl (C=O) groups excluding carboxylic acids is 1. The summed E-state index contributed by atoms with van der Waals surface area (Å²) in [6.45, 7) is 0. The molecule has 2 aromatic rings. The molecule has 2 N–H and O–H groups in total. The minimum absolute atomic E-state index is 0.0766. The lowest BCUT2D eigenvalue weighted by atomic mass is 10.0. The largest absolute Gasteiger partial charge is 0.495 e. The molecule has 0 heterocycles. The molecule has 0 aliphatic rings. The van der Waals surface area contributed by atoms with Crippen molar-refractivity contribution in [1.29, 1.82) is 0 Å². The predicted octanol–water partition coefficient (Wildman–Crippen LogP) is 2.97. The zero-order chi connectivity index (χ0) is 18.4. The van der Waals surface area contributed by atoms with Crippen molar-refractivity contribution in [3.05, 3.63) is 59.1 Å². The van der Waals surface area contributed by atoms with Crippen LogP contribution in [0.2, 0.25) is 5.02 Å². The van der Waals surface area contributed by atoms with E-state index in [2.05, 4.69) is 10.0 Å². The Kier molecular flexibility index (Phi) is 6.41. The standard InChI is InChI=1S/C17H19ClN2O4S/c1-24-16-6-4-3-5-14(16)19-17(21)11-15(20-25(2,22)23)12-7-9-13(18)10-8-12/h3-10,15,20H,11H2,1-2H3,(H,19,21)/t15-/m0/s1. The van der Waals surface area contributed by atoms with E-state index in [1.54, 1.807) is 48.5 Å². The zero-order valence-electron chi connectivity index (χ0n) is 13.8. The van der Waals surface area contributed by atoms with Crippen molar-refractivity contribution in [3.8, 4) is 5.75 Å². The molecule has 0 aliphatic carbocycles. The number of amides is 1. The van der Waals surface area contributed by atoms with Gasteiger partial charge >= 0.3 is 0 Å². The summed E-state index contributed by atoms with van der Waals surface area (Å²) in [5.74, 6) is 0.176. The van der Waals surface area contributed by atoms with Gasteiger partial charge < -0.3 is 10.1 Å². The summed E-state index contributed by atoms with van der Waals surface area (Å²) >= 11 is 5.86. The number of sulfonamides is 1. The number of ether oxygens (including phenoxy) is 1. The molecule has 2 aromatic carbocycles. The van der Waals surface area contributed by atoms with Gasteiger partial charge in [0.05, 0.1) is 25.1 Å². The van der Waals surface area contributed by atoms with E-state index in [1.165, 1.54) is 7.11 Å². The summed E-state index contributed by atoms with van der Waals surface area (Å²) in [4.78, 5) is 12.4. The highest BCUT2D eigenvalue weighted by molar-refractivity contribution is 7.88. The maximum Gasteiger partial charge on any atom is 0.226 e. The SMILES string of the molecule is COc1ccccc1NC(=O)C[C@H](NS(C)(=O)=O)c1ccc(Cl)cc1. The third-order valence-corrected chi connectivity index (χ3v) is 4.36. The van der Waals surface area contributed by atoms with Crippen molar-refractivity contribution < 1.29 is 17.9 Å². The Bertz CT molecular complexity index is 838. The smallest absolute Gasteiger partial charge is 0.226 e. The Balaban J connectivity index is 2.18. The van der Waals surface area contributed by atoms with Crippen molar-refractivity contribution >= 4 is 33.2 Å². The summed E-state index contributed by atoms with van der Waals surface area (Å²) in [7, 11) is -1.99. The molecule has 0 fully saturated rings. The van der Waals surface area contributed by atoms with Gasteiger partial charge in [0, 0.05) is 11.4 Å². The van der Waals surface area contributed by atoms with Crippen molar-refractivity contribution in [2.24, 2.45) is 0 Å². The Morgan fingerprint density at radius 2 is 1.80 bits per heavy atom. The highest BCUT2D eigenvalue weighted by Gasteiger charge is 2.20. The number of anilines is 1. The maximum absolute atomic E-state index is 12.4. The second-order valence-corrected chi connectivity index (χ2v) is 7.66. The van der Waals surface area contributed by atoms with Gasteiger partial charge in [0.1, 0.15) is 5.75 Å². The Morgan fingerprint density at radius 1 is 1.16 bits per heavy atom. The number of para-hydroxylation sites is 2. The van der Waals surface area contributed by atoms with E-state index in [9.17, 15) is 13.2 Å². The Labute approximate surface area is 152 Å². The molecule has 0 saturated heterocycles. The van der Waals surface area contributed by atoms with E-state index in [0.717, 1.165) is 6.26 Å². The van der Waals surface area contributed by atoms with Crippen molar-refractivity contribution in [3.63, 3.8) is 0 Å². The average molecular weight is 383 g/mol. The predicted molar refractivity (Wildman–Crippen MR) is 98.4 cm³/mol. The van der Waals surface area contributed by atoms with E-state index in [4.69, 9.17) is 16.3 Å². The molecule has 134 valence electrons. The second kappa shape index (κ2) is 8.33. The van der Waals surface area contributed by atoms with Crippen LogP contribution in [0.3, 0.4) is 0 Å². The lowest BCUT2D eigenvalue weighted by Crippen LogP contribution is -2.30. The Morgan fingerprint density at radius 3 is 2.40 bits per heavy atom. The number of methoxy groups -OCH3 is 1. The van der Waals surface area contributed by atoms with Crippen LogP contribution in [0, 0.1) is 0 Å². The molecule has 0 saturated carbocycles. The second-order valence-electron chi connectivity index (χ2n) is 5.45. The number of hydrogen-bond acceptors (Lipinski definition) is 4. The zero-order valence-corrected chi connectivity index (χ0v) is 15.4. The lowest BCUT2D eigenvalue weighted by molar-refractivity contribution is -0.116. The molecular formula is C17H19ClN2O4S. The van der Waals surface area contributed by atoms with Crippen molar-refractivity contribution in [2.45, 2.75) is 12.5 Å². The van der Waals surface area contributed by atoms with Crippen molar-refractivity contribution in [2.75, 3.05) is 18.7 Å². The third kappa shape index (κ3) is 6.04. The molecule has 0 radical (unpaired) electrons. The fourth-order valence-corrected chi connectivity index (χ4v) is 3.18. The number of halogens is 1. The molecule has 8 heteroatoms. The van der Waals surface area contributed by atoms with Gasteiger partial charge in [0.15, 0.2) is 0 Å². The normalized spacial score (nSPS) is 12.4. The number of rotatable bonds is 7. The Hall–Kier alpha value is -2.09. The highest BCUT2D eigenvalue weighted by atomic mass is 35.5. The molecule has 0 bridgehead atoms. The highest BCUT2D eigenvalue weighted by Crippen LogP contribution is 2.25. The van der Waals surface area contributed by atoms with E-state index < -0.39 is 16.1 Å². The first-order valence-corrected chi connectivity index (χ1v) is 9.71. The van der Waals surface area contributed by atoms with Crippen molar-refractivity contribution in [1.82, 2.24) is 4.72 Å². The average Bonchev–Trinajstić information content (AvgIpc) is 2.54. The molecule has 1 atom stereocenters. The maximum atomic E-state index is 12.4. The first-order chi connectivity index (χ1) is 11.8. The number of carbonyl (C=O) groups is 1. The van der Waals surface area contributed by atoms with Gasteiger partial charge in [-0.25, -0.2) is 13.1 Å². The molecule has 1 amide bonds. The summed E-state index contributed by atoms with van der Waals surface area (Å²) in [5.41, 5.74) is 1.16. The quantitative estimate of drug-likeness (QED) is 0.771. The summed E-state index contributed by atoms with van der Waals surface area (Å²) < 4.78 is 30.9. The van der Waals surface area contributed by atoms with Crippen LogP contribution in [0.15, 0.2) is 48.5 Å². The first kappa shape index (κ1) is 19.2. The number of benzene rings is 2. The van der Waals surface area contributed by atoms with Gasteiger partial charge in [-0.05, 0) is 29.8 Å². The van der Waals surface area contributed by atoms with E-state index in [0.29, 0.717) is 22.0 Å². The van der Waals surface area contributed by atoms with E-state index >= 15 is 0 Å². The van der Waals surface area contributed by atoms with Gasteiger partial charge in [0.2, 0.25) is 15.9 Å². The van der Waals surface area contributed by atoms with E-state index in [-0.39, 0.29) is 12.3 Å². The number of hydrogen-bond donors (Lipinski definition) is 2. The molecule has 0 unspecified atom stereocenters. The molecule has 0 spiro atoms. The summed E-state index contributed by atoms with van der Waals surface area (Å²) in [6.07, 6.45) is 0.973. The van der Waals surface area contributed by atoms with Gasteiger partial charge in [0.25, 0.3) is 0 Å². The number of nitrogens with one attached hydrogen (secondary N) is 2. The van der Waals surface area contributed by atoms with Crippen LogP contribution >= 0.6 is 11.6 Å². The molecule has 0 aliphatic heterocycles. The fourth-order valence-electron chi connectivity index (χ4n) is 2.32. The topological polar surface area (TPSA) is 84.5 Å². The summed E-state index contributed by atoms with van der Waals surface area (Å²) in [6, 6.07) is 12.9. The molecular weight excluding hydrogens is 364 g/mol. The minimum Gasteiger partial charge on any atom is -0.495 e. The lowest BCUT2D eigenvalue weighted by Gasteiger charge is -2.18. The van der Waals surface area contributed by atoms with Crippen LogP contribution in [-0.4, -0.2) is 27.7 Å².